The summed E-state index contributed by atoms with van der Waals surface area (Å²) in [5, 5.41) is 0. The number of hydrogen-bond donors (Lipinski definition) is 0. The summed E-state index contributed by atoms with van der Waals surface area (Å²) in [5.41, 5.74) is 2.72. The van der Waals surface area contributed by atoms with E-state index in [9.17, 15) is 9.59 Å². The van der Waals surface area contributed by atoms with Gasteiger partial charge in [0, 0.05) is 11.1 Å². The third kappa shape index (κ3) is 3.39. The molecular formula is C15H22O2. The Hall–Kier alpha value is -1.18. The van der Waals surface area contributed by atoms with E-state index in [1.165, 1.54) is 13.0 Å². The second-order valence-electron chi connectivity index (χ2n) is 5.65. The van der Waals surface area contributed by atoms with Crippen LogP contribution < -0.4 is 0 Å². The van der Waals surface area contributed by atoms with Crippen molar-refractivity contribution in [2.75, 3.05) is 0 Å². The van der Waals surface area contributed by atoms with Crippen LogP contribution in [0.3, 0.4) is 0 Å². The minimum absolute atomic E-state index is 0.0433. The first kappa shape index (κ1) is 13.9. The zero-order valence-corrected chi connectivity index (χ0v) is 11.5. The van der Waals surface area contributed by atoms with E-state index >= 15 is 0 Å². The molecule has 0 saturated heterocycles. The summed E-state index contributed by atoms with van der Waals surface area (Å²) < 4.78 is 0. The molecule has 0 aromatic rings. The van der Waals surface area contributed by atoms with Gasteiger partial charge in [-0.3, -0.25) is 9.59 Å². The van der Waals surface area contributed by atoms with E-state index in [-0.39, 0.29) is 11.6 Å². The van der Waals surface area contributed by atoms with E-state index in [4.69, 9.17) is 0 Å². The van der Waals surface area contributed by atoms with E-state index in [1.54, 1.807) is 0 Å². The average molecular weight is 234 g/mol. The van der Waals surface area contributed by atoms with E-state index in [0.29, 0.717) is 17.4 Å². The van der Waals surface area contributed by atoms with Crippen molar-refractivity contribution in [2.24, 2.45) is 11.8 Å². The fraction of sp³-hybridized carbons (Fsp3) is 0.600. The molecule has 0 bridgehead atoms. The van der Waals surface area contributed by atoms with Crippen LogP contribution >= 0.6 is 0 Å². The first-order chi connectivity index (χ1) is 7.82. The highest BCUT2D eigenvalue weighted by molar-refractivity contribution is 6.22. The number of hydrogen-bond acceptors (Lipinski definition) is 2. The maximum absolute atomic E-state index is 11.9. The molecule has 0 radical (unpaired) electrons. The molecule has 0 aromatic heterocycles. The van der Waals surface area contributed by atoms with Crippen molar-refractivity contribution in [2.45, 2.75) is 47.5 Å². The summed E-state index contributed by atoms with van der Waals surface area (Å²) in [7, 11) is 0. The van der Waals surface area contributed by atoms with E-state index < -0.39 is 0 Å². The van der Waals surface area contributed by atoms with Crippen molar-refractivity contribution in [1.82, 2.24) is 0 Å². The predicted octanol–water partition coefficient (Wildman–Crippen LogP) is 3.47. The second kappa shape index (κ2) is 5.44. The molecule has 1 aliphatic rings. The SMILES string of the molecule is CC(=O)/C=C1\C(=O)C(CC(C)C)=C1CC(C)C. The second-order valence-corrected chi connectivity index (χ2v) is 5.65. The van der Waals surface area contributed by atoms with Crippen LogP contribution in [-0.2, 0) is 9.59 Å². The van der Waals surface area contributed by atoms with Crippen LogP contribution in [0.4, 0.5) is 0 Å². The Bertz CT molecular complexity index is 395. The molecule has 0 amide bonds. The lowest BCUT2D eigenvalue weighted by molar-refractivity contribution is -0.115. The van der Waals surface area contributed by atoms with Crippen LogP contribution in [0.15, 0.2) is 22.8 Å². The lowest BCUT2D eigenvalue weighted by Gasteiger charge is -2.28. The normalized spacial score (nSPS) is 18.3. The number of carbonyl (C=O) groups excluding carboxylic acids is 2. The number of ketones is 2. The summed E-state index contributed by atoms with van der Waals surface area (Å²) in [6.07, 6.45) is 3.22. The van der Waals surface area contributed by atoms with Gasteiger partial charge in [0.1, 0.15) is 0 Å². The third-order valence-corrected chi connectivity index (χ3v) is 2.78. The van der Waals surface area contributed by atoms with E-state index in [2.05, 4.69) is 27.7 Å². The maximum atomic E-state index is 11.9. The third-order valence-electron chi connectivity index (χ3n) is 2.78. The minimum atomic E-state index is -0.0433. The smallest absolute Gasteiger partial charge is 0.189 e. The molecule has 0 saturated carbocycles. The average Bonchev–Trinajstić information content (AvgIpc) is 2.19. The highest BCUT2D eigenvalue weighted by atomic mass is 16.1. The molecule has 0 fully saturated rings. The fourth-order valence-corrected chi connectivity index (χ4v) is 2.16. The first-order valence-electron chi connectivity index (χ1n) is 6.32. The number of rotatable bonds is 5. The zero-order valence-electron chi connectivity index (χ0n) is 11.5. The largest absolute Gasteiger partial charge is 0.295 e. The molecule has 2 heteroatoms. The van der Waals surface area contributed by atoms with Gasteiger partial charge in [-0.25, -0.2) is 0 Å². The Kier molecular flexibility index (Phi) is 4.44. The fourth-order valence-electron chi connectivity index (χ4n) is 2.16. The van der Waals surface area contributed by atoms with Gasteiger partial charge in [-0.1, -0.05) is 27.7 Å². The summed E-state index contributed by atoms with van der Waals surface area (Å²) in [5.74, 6) is 1.04. The molecule has 94 valence electrons. The molecule has 0 N–H and O–H groups in total. The Balaban J connectivity index is 3.02. The van der Waals surface area contributed by atoms with Crippen LogP contribution in [-0.4, -0.2) is 11.6 Å². The zero-order chi connectivity index (χ0) is 13.2. The summed E-state index contributed by atoms with van der Waals surface area (Å²) >= 11 is 0. The molecule has 0 aliphatic heterocycles. The molecule has 0 spiro atoms. The molecule has 17 heavy (non-hydrogen) atoms. The van der Waals surface area contributed by atoms with Gasteiger partial charge in [0.05, 0.1) is 0 Å². The van der Waals surface area contributed by atoms with Crippen LogP contribution in [0.1, 0.15) is 47.5 Å². The van der Waals surface area contributed by atoms with Crippen molar-refractivity contribution in [3.63, 3.8) is 0 Å². The van der Waals surface area contributed by atoms with Crippen molar-refractivity contribution < 1.29 is 9.59 Å². The van der Waals surface area contributed by atoms with Crippen molar-refractivity contribution in [1.29, 1.82) is 0 Å². The number of Topliss-reactive ketones (excluding diaryl/α,β-unsaturated/α-hetero) is 1. The van der Waals surface area contributed by atoms with Crippen LogP contribution in [0, 0.1) is 11.8 Å². The number of allylic oxidation sites excluding steroid dienone is 4. The van der Waals surface area contributed by atoms with E-state index in [0.717, 1.165) is 24.0 Å². The standard InChI is InChI=1S/C15H22O2/c1-9(2)6-12-13(7-10(3)4)15(17)14(12)8-11(5)16/h8-10H,6-7H2,1-5H3/b14-8-. The highest BCUT2D eigenvalue weighted by Crippen LogP contribution is 2.38. The Labute approximate surface area is 104 Å². The molecule has 2 nitrogen and oxygen atoms in total. The monoisotopic (exact) mass is 234 g/mol. The van der Waals surface area contributed by atoms with Crippen molar-refractivity contribution in [3.05, 3.63) is 22.8 Å². The van der Waals surface area contributed by atoms with Gasteiger partial charge in [-0.15, -0.1) is 0 Å². The Morgan fingerprint density at radius 3 is 1.94 bits per heavy atom. The van der Waals surface area contributed by atoms with Gasteiger partial charge < -0.3 is 0 Å². The van der Waals surface area contributed by atoms with E-state index in [1.807, 2.05) is 0 Å². The summed E-state index contributed by atoms with van der Waals surface area (Å²) in [6.45, 7) is 9.98. The lowest BCUT2D eigenvalue weighted by atomic mass is 9.74. The van der Waals surface area contributed by atoms with Crippen LogP contribution in [0.2, 0.25) is 0 Å². The number of carbonyl (C=O) groups is 2. The minimum Gasteiger partial charge on any atom is -0.295 e. The van der Waals surface area contributed by atoms with Gasteiger partial charge >= 0.3 is 0 Å². The van der Waals surface area contributed by atoms with Crippen LogP contribution in [0.5, 0.6) is 0 Å². The highest BCUT2D eigenvalue weighted by Gasteiger charge is 2.33. The summed E-state index contributed by atoms with van der Waals surface area (Å²) in [4.78, 5) is 23.0. The van der Waals surface area contributed by atoms with Crippen LogP contribution in [0.25, 0.3) is 0 Å². The summed E-state index contributed by atoms with van der Waals surface area (Å²) in [6, 6.07) is 0. The molecular weight excluding hydrogens is 212 g/mol. The van der Waals surface area contributed by atoms with Crippen molar-refractivity contribution in [3.8, 4) is 0 Å². The Morgan fingerprint density at radius 1 is 1.06 bits per heavy atom. The quantitative estimate of drug-likeness (QED) is 0.682. The lowest BCUT2D eigenvalue weighted by Crippen LogP contribution is -2.25. The van der Waals surface area contributed by atoms with Gasteiger partial charge in [0.2, 0.25) is 0 Å². The van der Waals surface area contributed by atoms with Gasteiger partial charge in [0.15, 0.2) is 11.6 Å². The molecule has 0 unspecified atom stereocenters. The van der Waals surface area contributed by atoms with Crippen molar-refractivity contribution >= 4 is 11.6 Å². The topological polar surface area (TPSA) is 34.1 Å². The predicted molar refractivity (Wildman–Crippen MR) is 69.7 cm³/mol. The van der Waals surface area contributed by atoms with Gasteiger partial charge in [-0.2, -0.15) is 0 Å². The first-order valence-corrected chi connectivity index (χ1v) is 6.32. The molecule has 0 aromatic carbocycles. The van der Waals surface area contributed by atoms with Gasteiger partial charge in [-0.05, 0) is 43.3 Å². The van der Waals surface area contributed by atoms with Gasteiger partial charge in [0.25, 0.3) is 0 Å². The molecule has 1 aliphatic carbocycles. The Morgan fingerprint density at radius 2 is 1.53 bits per heavy atom. The maximum Gasteiger partial charge on any atom is 0.189 e. The molecule has 0 heterocycles. The molecule has 1 rings (SSSR count). The molecule has 0 atom stereocenters.